The van der Waals surface area contributed by atoms with Crippen molar-refractivity contribution in [3.05, 3.63) is 115 Å². The molecule has 0 atom stereocenters. The van der Waals surface area contributed by atoms with Crippen LogP contribution in [0.1, 0.15) is 0 Å². The van der Waals surface area contributed by atoms with E-state index < -0.39 is 0 Å². The fourth-order valence-electron chi connectivity index (χ4n) is 5.09. The summed E-state index contributed by atoms with van der Waals surface area (Å²) in [6.07, 6.45) is 0. The van der Waals surface area contributed by atoms with E-state index in [2.05, 4.69) is 53.1 Å². The predicted molar refractivity (Wildman–Crippen MR) is 156 cm³/mol. The molecule has 0 spiro atoms. The zero-order valence-corrected chi connectivity index (χ0v) is 20.9. The molecule has 0 aliphatic heterocycles. The van der Waals surface area contributed by atoms with Crippen LogP contribution in [0.5, 0.6) is 0 Å². The van der Waals surface area contributed by atoms with Gasteiger partial charge in [-0.2, -0.15) is 0 Å². The number of hydrogen-bond acceptors (Lipinski definition) is 5. The summed E-state index contributed by atoms with van der Waals surface area (Å²) in [5.74, 6) is 1.43. The number of benzene rings is 4. The zero-order chi connectivity index (χ0) is 25.1. The van der Waals surface area contributed by atoms with Crippen LogP contribution in [0.25, 0.3) is 71.0 Å². The molecule has 0 aliphatic rings. The lowest BCUT2D eigenvalue weighted by Crippen LogP contribution is -2.03. The first-order chi connectivity index (χ1) is 18.8. The van der Waals surface area contributed by atoms with Crippen LogP contribution in [0.2, 0.25) is 0 Å². The van der Waals surface area contributed by atoms with Crippen molar-refractivity contribution in [2.75, 3.05) is 0 Å². The van der Waals surface area contributed by atoms with Crippen LogP contribution >= 0.6 is 11.3 Å². The highest BCUT2D eigenvalue weighted by molar-refractivity contribution is 7.25. The van der Waals surface area contributed by atoms with E-state index >= 15 is 0 Å². The summed E-state index contributed by atoms with van der Waals surface area (Å²) in [6.45, 7) is 0. The van der Waals surface area contributed by atoms with Crippen molar-refractivity contribution in [2.45, 2.75) is 0 Å². The lowest BCUT2D eigenvalue weighted by molar-refractivity contribution is 1.03. The molecule has 178 valence electrons. The van der Waals surface area contributed by atoms with Gasteiger partial charge >= 0.3 is 0 Å². The van der Waals surface area contributed by atoms with Crippen molar-refractivity contribution >= 4 is 53.8 Å². The molecule has 0 aliphatic carbocycles. The molecular formula is C32H19N5S. The Morgan fingerprint density at radius 3 is 2.05 bits per heavy atom. The fourth-order valence-corrected chi connectivity index (χ4v) is 6.11. The molecule has 0 saturated heterocycles. The first-order valence-electron chi connectivity index (χ1n) is 12.4. The summed E-state index contributed by atoms with van der Waals surface area (Å²) >= 11 is 1.68. The Labute approximate surface area is 221 Å². The fraction of sp³-hybridized carbons (Fsp3) is 0. The van der Waals surface area contributed by atoms with Gasteiger partial charge in [0.05, 0.1) is 11.2 Å². The monoisotopic (exact) mass is 505 g/mol. The van der Waals surface area contributed by atoms with Gasteiger partial charge in [0.15, 0.2) is 11.5 Å². The smallest absolute Gasteiger partial charge is 0.166 e. The van der Waals surface area contributed by atoms with E-state index in [-0.39, 0.29) is 0 Å². The SMILES string of the molecule is c1ccc(-c2cc(-n3c4ccccc4c4nc5sc6ccccc6c5nc43)nc(-c3ccccc3)n2)cc1. The second-order valence-corrected chi connectivity index (χ2v) is 10.2. The van der Waals surface area contributed by atoms with Crippen LogP contribution in [0.15, 0.2) is 115 Å². The summed E-state index contributed by atoms with van der Waals surface area (Å²) in [4.78, 5) is 21.4. The summed E-state index contributed by atoms with van der Waals surface area (Å²) < 4.78 is 3.31. The normalized spacial score (nSPS) is 11.7. The second kappa shape index (κ2) is 8.30. The third kappa shape index (κ3) is 3.24. The molecule has 4 heterocycles. The Morgan fingerprint density at radius 2 is 1.24 bits per heavy atom. The highest BCUT2D eigenvalue weighted by atomic mass is 32.1. The molecule has 0 amide bonds. The standard InChI is InChI=1S/C32H19N5S/c1-3-11-20(12-4-1)24-19-27(34-30(33-24)21-13-5-2-6-14-21)37-25-17-9-7-15-22(25)28-31(37)35-29-23-16-8-10-18-26(23)38-32(29)36-28/h1-19H. The van der Waals surface area contributed by atoms with Gasteiger partial charge in [0.1, 0.15) is 21.7 Å². The lowest BCUT2D eigenvalue weighted by Gasteiger charge is -2.11. The third-order valence-corrected chi connectivity index (χ3v) is 7.90. The molecule has 0 bridgehead atoms. The van der Waals surface area contributed by atoms with Gasteiger partial charge in [-0.15, -0.1) is 11.3 Å². The van der Waals surface area contributed by atoms with Crippen molar-refractivity contribution in [1.29, 1.82) is 0 Å². The molecule has 5 nitrogen and oxygen atoms in total. The second-order valence-electron chi connectivity index (χ2n) is 9.17. The van der Waals surface area contributed by atoms with Gasteiger partial charge < -0.3 is 0 Å². The molecule has 0 unspecified atom stereocenters. The number of aromatic nitrogens is 5. The Kier molecular flexibility index (Phi) is 4.62. The zero-order valence-electron chi connectivity index (χ0n) is 20.1. The number of rotatable bonds is 3. The molecule has 6 heteroatoms. The third-order valence-electron chi connectivity index (χ3n) is 6.85. The molecule has 4 aromatic heterocycles. The molecule has 38 heavy (non-hydrogen) atoms. The molecule has 4 aromatic carbocycles. The van der Waals surface area contributed by atoms with E-state index in [4.69, 9.17) is 19.9 Å². The minimum Gasteiger partial charge on any atom is -0.276 e. The Hall–Kier alpha value is -4.94. The van der Waals surface area contributed by atoms with Crippen LogP contribution in [-0.2, 0) is 0 Å². The van der Waals surface area contributed by atoms with E-state index in [0.29, 0.717) is 5.82 Å². The molecule has 0 saturated carbocycles. The van der Waals surface area contributed by atoms with Gasteiger partial charge in [0.25, 0.3) is 0 Å². The van der Waals surface area contributed by atoms with Gasteiger partial charge in [-0.05, 0) is 12.1 Å². The van der Waals surface area contributed by atoms with E-state index in [0.717, 1.165) is 60.4 Å². The Bertz CT molecular complexity index is 2070. The quantitative estimate of drug-likeness (QED) is 0.244. The topological polar surface area (TPSA) is 56.5 Å². The number of thiophene rings is 1. The van der Waals surface area contributed by atoms with E-state index in [1.807, 2.05) is 66.7 Å². The minimum absolute atomic E-state index is 0.669. The molecule has 0 N–H and O–H groups in total. The first kappa shape index (κ1) is 21.2. The Balaban J connectivity index is 1.49. The van der Waals surface area contributed by atoms with E-state index in [9.17, 15) is 0 Å². The van der Waals surface area contributed by atoms with Crippen LogP contribution < -0.4 is 0 Å². The van der Waals surface area contributed by atoms with Crippen LogP contribution in [0, 0.1) is 0 Å². The van der Waals surface area contributed by atoms with Crippen molar-refractivity contribution in [3.63, 3.8) is 0 Å². The van der Waals surface area contributed by atoms with Crippen molar-refractivity contribution in [3.8, 4) is 28.5 Å². The van der Waals surface area contributed by atoms with Crippen molar-refractivity contribution in [2.24, 2.45) is 0 Å². The van der Waals surface area contributed by atoms with Crippen molar-refractivity contribution < 1.29 is 0 Å². The maximum atomic E-state index is 5.23. The molecular weight excluding hydrogens is 486 g/mol. The molecule has 0 fully saturated rings. The average molecular weight is 506 g/mol. The lowest BCUT2D eigenvalue weighted by atomic mass is 10.1. The summed E-state index contributed by atoms with van der Waals surface area (Å²) in [6, 6.07) is 39.1. The number of hydrogen-bond donors (Lipinski definition) is 0. The largest absolute Gasteiger partial charge is 0.276 e. The highest BCUT2D eigenvalue weighted by Gasteiger charge is 2.20. The van der Waals surface area contributed by atoms with Gasteiger partial charge in [-0.3, -0.25) is 4.57 Å². The maximum Gasteiger partial charge on any atom is 0.166 e. The number of fused-ring (bicyclic) bond motifs is 6. The minimum atomic E-state index is 0.669. The van der Waals surface area contributed by atoms with Crippen LogP contribution in [0.4, 0.5) is 0 Å². The van der Waals surface area contributed by atoms with E-state index in [1.165, 1.54) is 4.70 Å². The van der Waals surface area contributed by atoms with Gasteiger partial charge in [-0.1, -0.05) is 97.1 Å². The Morgan fingerprint density at radius 1 is 0.553 bits per heavy atom. The van der Waals surface area contributed by atoms with Crippen molar-refractivity contribution in [1.82, 2.24) is 24.5 Å². The first-order valence-corrected chi connectivity index (χ1v) is 13.2. The molecule has 8 rings (SSSR count). The number of para-hydroxylation sites is 1. The van der Waals surface area contributed by atoms with E-state index in [1.54, 1.807) is 11.3 Å². The van der Waals surface area contributed by atoms with Gasteiger partial charge in [0, 0.05) is 32.7 Å². The van der Waals surface area contributed by atoms with Crippen LogP contribution in [-0.4, -0.2) is 24.5 Å². The molecule has 0 radical (unpaired) electrons. The summed E-state index contributed by atoms with van der Waals surface area (Å²) in [7, 11) is 0. The number of nitrogens with zero attached hydrogens (tertiary/aromatic N) is 5. The summed E-state index contributed by atoms with van der Waals surface area (Å²) in [5, 5.41) is 2.17. The van der Waals surface area contributed by atoms with Gasteiger partial charge in [-0.25, -0.2) is 19.9 Å². The maximum absolute atomic E-state index is 5.23. The van der Waals surface area contributed by atoms with Gasteiger partial charge in [0.2, 0.25) is 0 Å². The van der Waals surface area contributed by atoms with Crippen LogP contribution in [0.3, 0.4) is 0 Å². The highest BCUT2D eigenvalue weighted by Crippen LogP contribution is 2.37. The predicted octanol–water partition coefficient (Wildman–Crippen LogP) is 8.07. The molecule has 8 aromatic rings. The average Bonchev–Trinajstić information content (AvgIpc) is 3.51. The summed E-state index contributed by atoms with van der Waals surface area (Å²) in [5.41, 5.74) is 6.45.